The fourth-order valence-electron chi connectivity index (χ4n) is 2.92. The smallest absolute Gasteiger partial charge is 0.170 e. The number of aromatic hydroxyl groups is 1. The minimum atomic E-state index is -0.445. The Morgan fingerprint density at radius 2 is 1.74 bits per heavy atom. The average Bonchev–Trinajstić information content (AvgIpc) is 2.66. The predicted octanol–water partition coefficient (Wildman–Crippen LogP) is 4.62. The lowest BCUT2D eigenvalue weighted by atomic mass is 9.86. The van der Waals surface area contributed by atoms with Crippen molar-refractivity contribution in [1.29, 1.82) is 0 Å². The van der Waals surface area contributed by atoms with Crippen LogP contribution < -0.4 is 4.74 Å². The molecule has 1 heterocycles. The first-order valence-electron chi connectivity index (χ1n) is 8.77. The van der Waals surface area contributed by atoms with Gasteiger partial charge in [0.05, 0.1) is 12.0 Å². The number of Topliss-reactive ketones (excluding diaryl/α,β-unsaturated/α-hetero) is 1. The van der Waals surface area contributed by atoms with Gasteiger partial charge in [0.1, 0.15) is 35.0 Å². The lowest BCUT2D eigenvalue weighted by molar-refractivity contribution is -0.107. The number of phenolic OH excluding ortho intramolecular Hbond substituents is 1. The van der Waals surface area contributed by atoms with Crippen LogP contribution in [0, 0.1) is 11.6 Å². The second-order valence-electron chi connectivity index (χ2n) is 6.38. The highest BCUT2D eigenvalue weighted by molar-refractivity contribution is 6.00. The van der Waals surface area contributed by atoms with Crippen molar-refractivity contribution in [3.05, 3.63) is 59.2 Å². The van der Waals surface area contributed by atoms with Crippen LogP contribution >= 0.6 is 0 Å². The van der Waals surface area contributed by atoms with Gasteiger partial charge in [0, 0.05) is 12.0 Å². The predicted molar refractivity (Wildman–Crippen MR) is 97.1 cm³/mol. The third kappa shape index (κ3) is 4.90. The van der Waals surface area contributed by atoms with E-state index in [1.54, 1.807) is 6.07 Å². The molecule has 1 aliphatic rings. The quantitative estimate of drug-likeness (QED) is 0.791. The molecule has 2 aromatic rings. The number of aldehydes is 1. The molecule has 0 aromatic heterocycles. The summed E-state index contributed by atoms with van der Waals surface area (Å²) >= 11 is 0. The average molecular weight is 376 g/mol. The highest BCUT2D eigenvalue weighted by Crippen LogP contribution is 2.37. The summed E-state index contributed by atoms with van der Waals surface area (Å²) in [7, 11) is 0. The van der Waals surface area contributed by atoms with E-state index in [1.807, 2.05) is 13.8 Å². The summed E-state index contributed by atoms with van der Waals surface area (Å²) in [5.74, 6) is -0.389. The van der Waals surface area contributed by atoms with Gasteiger partial charge in [-0.2, -0.15) is 0 Å². The molecule has 0 saturated carbocycles. The van der Waals surface area contributed by atoms with E-state index < -0.39 is 17.2 Å². The minimum Gasteiger partial charge on any atom is -0.508 e. The van der Waals surface area contributed by atoms with E-state index in [4.69, 9.17) is 9.84 Å². The van der Waals surface area contributed by atoms with E-state index in [1.165, 1.54) is 18.2 Å². The SMILES string of the molecule is CCC1(CC)CC(=O)c2cc(F)ccc2O1.O=CCc1cc(F)ccc1O. The highest BCUT2D eigenvalue weighted by Gasteiger charge is 2.37. The zero-order valence-electron chi connectivity index (χ0n) is 15.3. The van der Waals surface area contributed by atoms with Crippen molar-refractivity contribution in [3.63, 3.8) is 0 Å². The molecule has 0 spiro atoms. The van der Waals surface area contributed by atoms with Gasteiger partial charge in [-0.25, -0.2) is 8.78 Å². The molecule has 1 N–H and O–H groups in total. The lowest BCUT2D eigenvalue weighted by Crippen LogP contribution is -2.40. The van der Waals surface area contributed by atoms with Gasteiger partial charge in [-0.1, -0.05) is 13.8 Å². The van der Waals surface area contributed by atoms with E-state index in [0.717, 1.165) is 25.0 Å². The fourth-order valence-corrected chi connectivity index (χ4v) is 2.92. The fraction of sp³-hybridized carbons (Fsp3) is 0.333. The summed E-state index contributed by atoms with van der Waals surface area (Å²) in [4.78, 5) is 21.9. The lowest BCUT2D eigenvalue weighted by Gasteiger charge is -2.36. The number of hydrogen-bond acceptors (Lipinski definition) is 4. The summed E-state index contributed by atoms with van der Waals surface area (Å²) in [6, 6.07) is 7.64. The summed E-state index contributed by atoms with van der Waals surface area (Å²) in [6.45, 7) is 4.01. The van der Waals surface area contributed by atoms with Crippen LogP contribution in [0.25, 0.3) is 0 Å². The molecule has 0 atom stereocenters. The maximum Gasteiger partial charge on any atom is 0.170 e. The standard InChI is InChI=1S/C13H15FO2.C8H7FO2/c1-3-13(4-2)8-11(15)10-7-9(14)5-6-12(10)16-13;9-7-1-2-8(11)6(5-7)3-4-10/h5-7H,3-4,8H2,1-2H3;1-2,4-5,11H,3H2. The third-order valence-electron chi connectivity index (χ3n) is 4.68. The number of benzene rings is 2. The molecule has 0 bridgehead atoms. The Kier molecular flexibility index (Phi) is 6.66. The van der Waals surface area contributed by atoms with Crippen LogP contribution in [0.1, 0.15) is 49.0 Å². The monoisotopic (exact) mass is 376 g/mol. The summed E-state index contributed by atoms with van der Waals surface area (Å²) in [5, 5.41) is 9.04. The zero-order valence-corrected chi connectivity index (χ0v) is 15.3. The Morgan fingerprint density at radius 1 is 1.11 bits per heavy atom. The minimum absolute atomic E-state index is 0.0237. The molecule has 6 heteroatoms. The van der Waals surface area contributed by atoms with E-state index in [0.29, 0.717) is 29.6 Å². The second-order valence-corrected chi connectivity index (χ2v) is 6.38. The van der Waals surface area contributed by atoms with Crippen molar-refractivity contribution in [1.82, 2.24) is 0 Å². The molecule has 0 fully saturated rings. The molecule has 0 radical (unpaired) electrons. The van der Waals surface area contributed by atoms with Crippen molar-refractivity contribution in [2.24, 2.45) is 0 Å². The van der Waals surface area contributed by atoms with Gasteiger partial charge in [0.15, 0.2) is 5.78 Å². The molecule has 0 amide bonds. The Labute approximate surface area is 156 Å². The number of fused-ring (bicyclic) bond motifs is 1. The summed E-state index contributed by atoms with van der Waals surface area (Å²) < 4.78 is 31.3. The number of phenols is 1. The second kappa shape index (κ2) is 8.75. The largest absolute Gasteiger partial charge is 0.508 e. The highest BCUT2D eigenvalue weighted by atomic mass is 19.1. The van der Waals surface area contributed by atoms with Crippen molar-refractivity contribution in [2.45, 2.75) is 45.1 Å². The molecule has 0 saturated heterocycles. The van der Waals surface area contributed by atoms with Gasteiger partial charge in [0.2, 0.25) is 0 Å². The van der Waals surface area contributed by atoms with Crippen molar-refractivity contribution < 1.29 is 28.2 Å². The molecule has 1 aliphatic heterocycles. The van der Waals surface area contributed by atoms with Crippen LogP contribution in [-0.4, -0.2) is 22.8 Å². The van der Waals surface area contributed by atoms with Crippen molar-refractivity contribution in [2.75, 3.05) is 0 Å². The topological polar surface area (TPSA) is 63.6 Å². The maximum absolute atomic E-state index is 13.0. The molecule has 2 aromatic carbocycles. The Balaban J connectivity index is 0.000000208. The number of rotatable bonds is 4. The van der Waals surface area contributed by atoms with Gasteiger partial charge in [0.25, 0.3) is 0 Å². The van der Waals surface area contributed by atoms with E-state index in [9.17, 15) is 18.4 Å². The Hall–Kier alpha value is -2.76. The van der Waals surface area contributed by atoms with Gasteiger partial charge >= 0.3 is 0 Å². The number of halogens is 2. The normalized spacial score (nSPS) is 14.4. The van der Waals surface area contributed by atoms with Crippen LogP contribution in [0.15, 0.2) is 36.4 Å². The van der Waals surface area contributed by atoms with E-state index in [2.05, 4.69) is 0 Å². The van der Waals surface area contributed by atoms with Gasteiger partial charge in [-0.05, 0) is 49.2 Å². The number of ketones is 1. The van der Waals surface area contributed by atoms with Crippen molar-refractivity contribution in [3.8, 4) is 11.5 Å². The van der Waals surface area contributed by atoms with Crippen LogP contribution in [0.5, 0.6) is 11.5 Å². The van der Waals surface area contributed by atoms with Crippen LogP contribution in [0.3, 0.4) is 0 Å². The van der Waals surface area contributed by atoms with Crippen LogP contribution in [0.4, 0.5) is 8.78 Å². The number of hydrogen-bond donors (Lipinski definition) is 1. The first kappa shape index (κ1) is 20.6. The van der Waals surface area contributed by atoms with Gasteiger partial charge < -0.3 is 14.6 Å². The molecule has 0 unspecified atom stereocenters. The van der Waals surface area contributed by atoms with Gasteiger partial charge in [-0.3, -0.25) is 4.79 Å². The molecule has 144 valence electrons. The van der Waals surface area contributed by atoms with Gasteiger partial charge in [-0.15, -0.1) is 0 Å². The van der Waals surface area contributed by atoms with Crippen molar-refractivity contribution >= 4 is 12.1 Å². The Morgan fingerprint density at radius 3 is 2.37 bits per heavy atom. The Bertz CT molecular complexity index is 829. The van der Waals surface area contributed by atoms with E-state index >= 15 is 0 Å². The first-order chi connectivity index (χ1) is 12.8. The molecule has 3 rings (SSSR count). The maximum atomic E-state index is 13.0. The summed E-state index contributed by atoms with van der Waals surface area (Å²) in [6.07, 6.45) is 2.58. The molecule has 0 aliphatic carbocycles. The summed E-state index contributed by atoms with van der Waals surface area (Å²) in [5.41, 5.74) is 0.291. The number of carbonyl (C=O) groups excluding carboxylic acids is 2. The molecular weight excluding hydrogens is 354 g/mol. The zero-order chi connectivity index (χ0) is 20.0. The molecule has 4 nitrogen and oxygen atoms in total. The number of ether oxygens (including phenoxy) is 1. The molecule has 27 heavy (non-hydrogen) atoms. The third-order valence-corrected chi connectivity index (χ3v) is 4.68. The number of carbonyl (C=O) groups is 2. The van der Waals surface area contributed by atoms with E-state index in [-0.39, 0.29) is 18.0 Å². The molecular formula is C21H22F2O4. The van der Waals surface area contributed by atoms with Crippen LogP contribution in [0.2, 0.25) is 0 Å². The first-order valence-corrected chi connectivity index (χ1v) is 8.77. The van der Waals surface area contributed by atoms with Crippen LogP contribution in [-0.2, 0) is 11.2 Å².